The predicted molar refractivity (Wildman–Crippen MR) is 116 cm³/mol. The molecule has 7 nitrogen and oxygen atoms in total. The van der Waals surface area contributed by atoms with Crippen molar-refractivity contribution in [2.24, 2.45) is 5.73 Å². The minimum atomic E-state index is -0.506. The van der Waals surface area contributed by atoms with Crippen molar-refractivity contribution in [1.29, 1.82) is 0 Å². The first-order valence-corrected chi connectivity index (χ1v) is 10.4. The first-order valence-electron chi connectivity index (χ1n) is 10.4. The molecular weight excluding hydrogens is 380 g/mol. The number of nitrogens with zero attached hydrogens (tertiary/aromatic N) is 2. The Hall–Kier alpha value is -3.06. The van der Waals surface area contributed by atoms with E-state index in [0.29, 0.717) is 24.0 Å². The van der Waals surface area contributed by atoms with Crippen LogP contribution < -0.4 is 15.2 Å². The molecule has 1 fully saturated rings. The van der Waals surface area contributed by atoms with Crippen molar-refractivity contribution in [3.8, 4) is 11.5 Å². The lowest BCUT2D eigenvalue weighted by atomic mass is 9.94. The molecule has 3 heterocycles. The lowest BCUT2D eigenvalue weighted by molar-refractivity contribution is -0.119. The molecule has 3 N–H and O–H groups in total. The maximum atomic E-state index is 11.0. The normalized spacial score (nSPS) is 17.2. The van der Waals surface area contributed by atoms with E-state index in [2.05, 4.69) is 27.0 Å². The smallest absolute Gasteiger partial charge is 0.255 e. The number of hydrogen-bond donors (Lipinski definition) is 2. The van der Waals surface area contributed by atoms with Crippen molar-refractivity contribution in [3.63, 3.8) is 0 Å². The van der Waals surface area contributed by atoms with Crippen LogP contribution in [0, 0.1) is 0 Å². The Labute approximate surface area is 176 Å². The Morgan fingerprint density at radius 2 is 2.17 bits per heavy atom. The second kappa shape index (κ2) is 9.17. The van der Waals surface area contributed by atoms with E-state index >= 15 is 0 Å². The highest BCUT2D eigenvalue weighted by Gasteiger charge is 2.23. The van der Waals surface area contributed by atoms with Gasteiger partial charge in [-0.15, -0.1) is 0 Å². The predicted octanol–water partition coefficient (Wildman–Crippen LogP) is 3.21. The summed E-state index contributed by atoms with van der Waals surface area (Å²) in [4.78, 5) is 21.4. The molecule has 30 heavy (non-hydrogen) atoms. The van der Waals surface area contributed by atoms with Gasteiger partial charge in [0, 0.05) is 36.3 Å². The number of amides is 1. The number of aromatic nitrogens is 2. The van der Waals surface area contributed by atoms with Crippen LogP contribution in [0.15, 0.2) is 42.6 Å². The van der Waals surface area contributed by atoms with Crippen LogP contribution in [0.25, 0.3) is 11.0 Å². The fraction of sp³-hybridized carbons (Fsp3) is 0.391. The molecular formula is C23H28N4O3. The van der Waals surface area contributed by atoms with Gasteiger partial charge in [-0.25, -0.2) is 4.98 Å². The number of carbonyl (C=O) groups is 1. The number of H-pyrrole nitrogens is 1. The molecule has 4 rings (SSSR count). The maximum absolute atomic E-state index is 11.0. The van der Waals surface area contributed by atoms with Gasteiger partial charge in [0.25, 0.3) is 5.91 Å². The van der Waals surface area contributed by atoms with E-state index in [4.69, 9.17) is 15.2 Å². The van der Waals surface area contributed by atoms with Crippen LogP contribution >= 0.6 is 0 Å². The summed E-state index contributed by atoms with van der Waals surface area (Å²) >= 11 is 0. The second-order valence-electron chi connectivity index (χ2n) is 7.71. The fourth-order valence-electron chi connectivity index (χ4n) is 4.10. The molecule has 7 heteroatoms. The summed E-state index contributed by atoms with van der Waals surface area (Å²) in [6.07, 6.45) is 4.15. The van der Waals surface area contributed by atoms with Gasteiger partial charge in [-0.2, -0.15) is 0 Å². The summed E-state index contributed by atoms with van der Waals surface area (Å²) < 4.78 is 11.2. The van der Waals surface area contributed by atoms with Crippen molar-refractivity contribution in [3.05, 3.63) is 53.9 Å². The number of piperidine rings is 1. The summed E-state index contributed by atoms with van der Waals surface area (Å²) in [5.74, 6) is 1.15. The van der Waals surface area contributed by atoms with Gasteiger partial charge >= 0.3 is 0 Å². The van der Waals surface area contributed by atoms with Crippen LogP contribution in [0.2, 0.25) is 0 Å². The molecule has 0 bridgehead atoms. The highest BCUT2D eigenvalue weighted by molar-refractivity contribution is 5.76. The lowest BCUT2D eigenvalue weighted by Gasteiger charge is -2.32. The van der Waals surface area contributed by atoms with Crippen LogP contribution in [-0.4, -0.2) is 47.1 Å². The highest BCUT2D eigenvalue weighted by Crippen LogP contribution is 2.32. The number of hydrogen-bond acceptors (Lipinski definition) is 5. The zero-order valence-corrected chi connectivity index (χ0v) is 17.3. The molecule has 3 aromatic rings. The molecule has 0 spiro atoms. The Bertz CT molecular complexity index is 984. The summed E-state index contributed by atoms with van der Waals surface area (Å²) in [5, 5.41) is 1.16. The van der Waals surface area contributed by atoms with E-state index in [9.17, 15) is 4.79 Å². The minimum Gasteiger partial charge on any atom is -0.490 e. The van der Waals surface area contributed by atoms with Gasteiger partial charge in [0.2, 0.25) is 0 Å². The lowest BCUT2D eigenvalue weighted by Crippen LogP contribution is -2.34. The minimum absolute atomic E-state index is 0.160. The number of nitrogens with one attached hydrogen (secondary N) is 1. The third-order valence-corrected chi connectivity index (χ3v) is 5.44. The van der Waals surface area contributed by atoms with Crippen LogP contribution in [0.4, 0.5) is 0 Å². The standard InChI is InChI=1S/C23H28N4O3/c1-2-29-21-11-16(7-8-20(21)30-15-22(24)28)13-27-10-4-6-18(14-27)19-12-17-5-3-9-25-23(17)26-19/h3,5,7-9,11-12,18H,2,4,6,10,13-15H2,1H3,(H2,24,28)(H,25,26). The Balaban J connectivity index is 1.45. The number of likely N-dealkylation sites (tertiary alicyclic amines) is 1. The number of fused-ring (bicyclic) bond motifs is 1. The monoisotopic (exact) mass is 408 g/mol. The van der Waals surface area contributed by atoms with Gasteiger partial charge < -0.3 is 20.2 Å². The number of pyridine rings is 1. The Morgan fingerprint density at radius 3 is 2.97 bits per heavy atom. The van der Waals surface area contributed by atoms with Gasteiger partial charge in [-0.05, 0) is 62.2 Å². The third-order valence-electron chi connectivity index (χ3n) is 5.44. The zero-order chi connectivity index (χ0) is 20.9. The van der Waals surface area contributed by atoms with Gasteiger partial charge in [0.15, 0.2) is 18.1 Å². The van der Waals surface area contributed by atoms with Crippen molar-refractivity contribution in [1.82, 2.24) is 14.9 Å². The second-order valence-corrected chi connectivity index (χ2v) is 7.71. The van der Waals surface area contributed by atoms with E-state index in [-0.39, 0.29) is 6.61 Å². The van der Waals surface area contributed by atoms with Crippen LogP contribution in [-0.2, 0) is 11.3 Å². The average Bonchev–Trinajstić information content (AvgIpc) is 3.18. The van der Waals surface area contributed by atoms with Crippen molar-refractivity contribution in [2.75, 3.05) is 26.3 Å². The summed E-state index contributed by atoms with van der Waals surface area (Å²) in [6, 6.07) is 12.2. The van der Waals surface area contributed by atoms with E-state index in [1.54, 1.807) is 0 Å². The zero-order valence-electron chi connectivity index (χ0n) is 17.3. The molecule has 1 saturated heterocycles. The molecule has 158 valence electrons. The molecule has 1 aromatic carbocycles. The largest absolute Gasteiger partial charge is 0.490 e. The number of rotatable bonds is 8. The quantitative estimate of drug-likeness (QED) is 0.597. The maximum Gasteiger partial charge on any atom is 0.255 e. The number of ether oxygens (including phenoxy) is 2. The van der Waals surface area contributed by atoms with Gasteiger partial charge in [0.1, 0.15) is 5.65 Å². The van der Waals surface area contributed by atoms with Crippen molar-refractivity contribution in [2.45, 2.75) is 32.2 Å². The molecule has 0 aliphatic carbocycles. The SMILES string of the molecule is CCOc1cc(CN2CCCC(c3cc4cccnc4[nH]3)C2)ccc1OCC(N)=O. The van der Waals surface area contributed by atoms with Crippen LogP contribution in [0.1, 0.15) is 36.9 Å². The van der Waals surface area contributed by atoms with Crippen LogP contribution in [0.5, 0.6) is 11.5 Å². The molecule has 0 radical (unpaired) electrons. The molecule has 2 aromatic heterocycles. The first-order chi connectivity index (χ1) is 14.6. The number of primary amides is 1. The molecule has 1 unspecified atom stereocenters. The molecule has 1 aliphatic heterocycles. The highest BCUT2D eigenvalue weighted by atomic mass is 16.5. The number of aromatic amines is 1. The Morgan fingerprint density at radius 1 is 1.27 bits per heavy atom. The number of carbonyl (C=O) groups excluding carboxylic acids is 1. The topological polar surface area (TPSA) is 93.5 Å². The average molecular weight is 409 g/mol. The summed E-state index contributed by atoms with van der Waals surface area (Å²) in [6.45, 7) is 5.19. The van der Waals surface area contributed by atoms with E-state index in [1.807, 2.05) is 37.4 Å². The van der Waals surface area contributed by atoms with Gasteiger partial charge in [0.05, 0.1) is 6.61 Å². The van der Waals surface area contributed by atoms with E-state index in [1.165, 1.54) is 12.1 Å². The van der Waals surface area contributed by atoms with Gasteiger partial charge in [-0.1, -0.05) is 6.07 Å². The van der Waals surface area contributed by atoms with Crippen LogP contribution in [0.3, 0.4) is 0 Å². The van der Waals surface area contributed by atoms with E-state index in [0.717, 1.165) is 42.7 Å². The van der Waals surface area contributed by atoms with Gasteiger partial charge in [-0.3, -0.25) is 9.69 Å². The van der Waals surface area contributed by atoms with Crippen molar-refractivity contribution < 1.29 is 14.3 Å². The number of nitrogens with two attached hydrogens (primary N) is 1. The third kappa shape index (κ3) is 4.74. The summed E-state index contributed by atoms with van der Waals surface area (Å²) in [5.41, 5.74) is 8.56. The first kappa shape index (κ1) is 20.2. The molecule has 0 saturated carbocycles. The molecule has 1 aliphatic rings. The van der Waals surface area contributed by atoms with Crippen molar-refractivity contribution >= 4 is 16.9 Å². The summed E-state index contributed by atoms with van der Waals surface area (Å²) in [7, 11) is 0. The molecule has 1 amide bonds. The van der Waals surface area contributed by atoms with E-state index < -0.39 is 5.91 Å². The number of benzene rings is 1. The Kier molecular flexibility index (Phi) is 6.18. The fourth-order valence-corrected chi connectivity index (χ4v) is 4.10. The molecule has 1 atom stereocenters.